The highest BCUT2D eigenvalue weighted by Gasteiger charge is 2.30. The van der Waals surface area contributed by atoms with Crippen LogP contribution in [0, 0.1) is 83.1 Å². The minimum Gasteiger partial charge on any atom is -0.0561 e. The first-order chi connectivity index (χ1) is 41.8. The summed E-state index contributed by atoms with van der Waals surface area (Å²) in [6, 6.07) is 53.0. The van der Waals surface area contributed by atoms with Gasteiger partial charge in [0, 0.05) is 0 Å². The van der Waals surface area contributed by atoms with Crippen LogP contribution in [0.25, 0.3) is 66.8 Å². The second-order valence-corrected chi connectivity index (χ2v) is 36.3. The minimum atomic E-state index is -1.35. The van der Waals surface area contributed by atoms with Crippen molar-refractivity contribution >= 4 is 23.8 Å². The molecule has 0 atom stereocenters. The summed E-state index contributed by atoms with van der Waals surface area (Å²) < 4.78 is 0. The molecular weight excluding hydrogens is 1110 g/mol. The van der Waals surface area contributed by atoms with Crippen LogP contribution in [-0.2, 0) is 32.5 Å². The molecule has 0 N–H and O–H groups in total. The molecule has 1 heteroatoms. The van der Waals surface area contributed by atoms with Crippen LogP contribution in [0.5, 0.6) is 0 Å². The van der Waals surface area contributed by atoms with Crippen LogP contribution < -0.4 is 15.9 Å². The highest BCUT2D eigenvalue weighted by atomic mass is 31.1. The van der Waals surface area contributed by atoms with Crippen molar-refractivity contribution in [1.82, 2.24) is 0 Å². The van der Waals surface area contributed by atoms with Gasteiger partial charge in [0.25, 0.3) is 0 Å². The normalized spacial score (nSPS) is 12.8. The van der Waals surface area contributed by atoms with Crippen LogP contribution in [0.15, 0.2) is 127 Å². The average molecular weight is 1220 g/mol. The molecule has 0 bridgehead atoms. The summed E-state index contributed by atoms with van der Waals surface area (Å²) in [6.07, 6.45) is 0. The molecule has 0 saturated heterocycles. The lowest BCUT2D eigenvalue weighted by Crippen LogP contribution is -2.23. The molecule has 0 spiro atoms. The third-order valence-corrected chi connectivity index (χ3v) is 22.0. The summed E-state index contributed by atoms with van der Waals surface area (Å²) in [5.41, 5.74) is 39.5. The molecule has 0 unspecified atom stereocenters. The smallest absolute Gasteiger partial charge is 0.0125 e. The van der Waals surface area contributed by atoms with Gasteiger partial charge >= 0.3 is 0 Å². The SMILES string of the molecule is Cc1cc(C(C)(C)C)cc(C)c1-c1cc(-c2c(C)cc(C(C)(C)C)cc2C)cc(P(c2cc(-c3c(C)cc(C(C)(C)C)cc3C)cc(-c3c(C)cc(C(C)(C)C)cc3C)c2)c2cc(-c3c(C)cc(C(C)(C)C)cc3C)cc(-c3c(C)cc(C(C)(C)C)cc3C)c2)c1. The van der Waals surface area contributed by atoms with Gasteiger partial charge in [-0.3, -0.25) is 0 Å². The van der Waals surface area contributed by atoms with E-state index >= 15 is 0 Å². The summed E-state index contributed by atoms with van der Waals surface area (Å²) >= 11 is 0. The molecule has 0 saturated carbocycles. The van der Waals surface area contributed by atoms with Crippen LogP contribution in [0.4, 0.5) is 0 Å². The van der Waals surface area contributed by atoms with Crippen LogP contribution in [0.1, 0.15) is 225 Å². The van der Waals surface area contributed by atoms with Gasteiger partial charge in [-0.05, 0) is 361 Å². The Kier molecular flexibility index (Phi) is 18.4. The predicted molar refractivity (Wildman–Crippen MR) is 407 cm³/mol. The first-order valence-corrected chi connectivity index (χ1v) is 35.1. The summed E-state index contributed by atoms with van der Waals surface area (Å²) in [7, 11) is -1.35. The van der Waals surface area contributed by atoms with Gasteiger partial charge in [-0.25, -0.2) is 0 Å². The van der Waals surface area contributed by atoms with E-state index in [1.165, 1.54) is 183 Å². The van der Waals surface area contributed by atoms with Gasteiger partial charge in [-0.15, -0.1) is 0 Å². The Morgan fingerprint density at radius 2 is 0.275 bits per heavy atom. The Balaban J connectivity index is 1.53. The fourth-order valence-electron chi connectivity index (χ4n) is 14.6. The fourth-order valence-corrected chi connectivity index (χ4v) is 17.1. The maximum atomic E-state index is 2.63. The molecule has 0 radical (unpaired) electrons. The highest BCUT2D eigenvalue weighted by molar-refractivity contribution is 7.79. The van der Waals surface area contributed by atoms with Gasteiger partial charge in [0.15, 0.2) is 0 Å². The number of benzene rings is 9. The van der Waals surface area contributed by atoms with E-state index < -0.39 is 7.92 Å². The van der Waals surface area contributed by atoms with Crippen molar-refractivity contribution in [3.05, 3.63) is 228 Å². The van der Waals surface area contributed by atoms with E-state index in [0.717, 1.165) is 0 Å². The molecule has 9 aromatic carbocycles. The molecule has 0 aliphatic rings. The van der Waals surface area contributed by atoms with Gasteiger partial charge in [0.1, 0.15) is 0 Å². The van der Waals surface area contributed by atoms with Gasteiger partial charge in [-0.1, -0.05) is 197 Å². The predicted octanol–water partition coefficient (Wildman–Crippen LogP) is 24.9. The van der Waals surface area contributed by atoms with E-state index in [1.54, 1.807) is 0 Å². The third-order valence-electron chi connectivity index (χ3n) is 19.7. The molecule has 0 aliphatic heterocycles. The quantitative estimate of drug-likeness (QED) is 0.126. The molecule has 9 aromatic rings. The third kappa shape index (κ3) is 14.2. The van der Waals surface area contributed by atoms with Crippen molar-refractivity contribution < 1.29 is 0 Å². The maximum Gasteiger partial charge on any atom is -0.0125 e. The van der Waals surface area contributed by atoms with Crippen LogP contribution in [0.2, 0.25) is 0 Å². The van der Waals surface area contributed by atoms with Gasteiger partial charge in [0.05, 0.1) is 0 Å². The molecule has 0 aromatic heterocycles. The molecule has 0 fully saturated rings. The molecule has 0 aliphatic carbocycles. The molecule has 0 heterocycles. The summed E-state index contributed by atoms with van der Waals surface area (Å²) in [5.74, 6) is 0. The highest BCUT2D eigenvalue weighted by Crippen LogP contribution is 2.48. The van der Waals surface area contributed by atoms with Crippen molar-refractivity contribution in [2.24, 2.45) is 0 Å². The zero-order chi connectivity index (χ0) is 67.5. The first kappa shape index (κ1) is 68.8. The zero-order valence-electron chi connectivity index (χ0n) is 62.1. The Bertz CT molecular complexity index is 3480. The summed E-state index contributed by atoms with van der Waals surface area (Å²) in [6.45, 7) is 70.4. The van der Waals surface area contributed by atoms with E-state index in [1.807, 2.05) is 0 Å². The van der Waals surface area contributed by atoms with Gasteiger partial charge < -0.3 is 0 Å². The van der Waals surface area contributed by atoms with Crippen molar-refractivity contribution in [3.8, 4) is 66.8 Å². The summed E-state index contributed by atoms with van der Waals surface area (Å²) in [4.78, 5) is 0. The number of hydrogen-bond acceptors (Lipinski definition) is 0. The van der Waals surface area contributed by atoms with Gasteiger partial charge in [0.2, 0.25) is 0 Å². The van der Waals surface area contributed by atoms with Crippen molar-refractivity contribution in [1.29, 1.82) is 0 Å². The number of hydrogen-bond donors (Lipinski definition) is 0. The van der Waals surface area contributed by atoms with Crippen molar-refractivity contribution in [3.63, 3.8) is 0 Å². The Morgan fingerprint density at radius 1 is 0.165 bits per heavy atom. The second-order valence-electron chi connectivity index (χ2n) is 34.1. The van der Waals surface area contributed by atoms with Crippen molar-refractivity contribution in [2.75, 3.05) is 0 Å². The maximum absolute atomic E-state index is 2.63. The summed E-state index contributed by atoms with van der Waals surface area (Å²) in [5, 5.41) is 4.02. The van der Waals surface area contributed by atoms with Crippen molar-refractivity contribution in [2.45, 2.75) is 240 Å². The Labute approximate surface area is 555 Å². The number of rotatable bonds is 9. The topological polar surface area (TPSA) is 0 Å². The molecule has 91 heavy (non-hydrogen) atoms. The fraction of sp³-hybridized carbons (Fsp3) is 0.400. The monoisotopic (exact) mass is 1220 g/mol. The Morgan fingerprint density at radius 3 is 0.374 bits per heavy atom. The lowest BCUT2D eigenvalue weighted by atomic mass is 9.81. The first-order valence-electron chi connectivity index (χ1n) is 33.8. The van der Waals surface area contributed by atoms with Crippen LogP contribution in [-0.4, -0.2) is 0 Å². The van der Waals surface area contributed by atoms with E-state index in [0.29, 0.717) is 0 Å². The van der Waals surface area contributed by atoms with Crippen LogP contribution >= 0.6 is 7.92 Å². The van der Waals surface area contributed by atoms with E-state index in [-0.39, 0.29) is 32.5 Å². The van der Waals surface area contributed by atoms with E-state index in [9.17, 15) is 0 Å². The van der Waals surface area contributed by atoms with Gasteiger partial charge in [-0.2, -0.15) is 0 Å². The van der Waals surface area contributed by atoms with Crippen LogP contribution in [0.3, 0.4) is 0 Å². The van der Waals surface area contributed by atoms with E-state index in [2.05, 4.69) is 335 Å². The Hall–Kier alpha value is -6.59. The molecule has 9 rings (SSSR count). The molecule has 476 valence electrons. The largest absolute Gasteiger partial charge is 0.0561 e. The zero-order valence-corrected chi connectivity index (χ0v) is 63.0. The minimum absolute atomic E-state index is 0.00491. The van der Waals surface area contributed by atoms with E-state index in [4.69, 9.17) is 0 Å². The number of aryl methyl sites for hydroxylation is 12. The molecular formula is C90H111P. The second kappa shape index (κ2) is 24.4. The lowest BCUT2D eigenvalue weighted by molar-refractivity contribution is 0.589. The molecule has 0 amide bonds. The average Bonchev–Trinajstić information content (AvgIpc) is 0.907. The molecule has 0 nitrogen and oxygen atoms in total. The standard InChI is InChI=1S/C90H111P/c1-52-31-70(85(13,14)15)32-53(2)79(52)64-43-65(80-54(3)33-71(34-55(80)4)86(16,17)18)47-76(46-64)91(77-48-66(81-56(5)35-72(36-57(81)6)87(19,20)21)44-67(49-77)82-58(7)37-73(38-59(82)8)88(22,23)24)78-50-68(83-60(9)39-74(40-61(83)10)89(25,26)27)45-69(51-78)84-62(11)41-75(42-63(84)12)90(28,29)30/h31-51H,1-30H3. The lowest BCUT2D eigenvalue weighted by Gasteiger charge is -2.28.